The van der Waals surface area contributed by atoms with E-state index in [9.17, 15) is 17.6 Å². The number of benzene rings is 2. The van der Waals surface area contributed by atoms with Crippen molar-refractivity contribution in [3.63, 3.8) is 0 Å². The number of hydrogen-bond acceptors (Lipinski definition) is 6. The van der Waals surface area contributed by atoms with Crippen LogP contribution in [0.3, 0.4) is 0 Å². The third kappa shape index (κ3) is 4.59. The molecule has 0 aliphatic carbocycles. The van der Waals surface area contributed by atoms with Crippen molar-refractivity contribution in [1.29, 1.82) is 0 Å². The van der Waals surface area contributed by atoms with Gasteiger partial charge in [-0.05, 0) is 56.7 Å². The van der Waals surface area contributed by atoms with Gasteiger partial charge in [0, 0.05) is 30.0 Å². The molecule has 1 fully saturated rings. The highest BCUT2D eigenvalue weighted by Gasteiger charge is 2.61. The highest BCUT2D eigenvalue weighted by atomic mass is 35.5. The van der Waals surface area contributed by atoms with Crippen molar-refractivity contribution in [2.45, 2.75) is 48.5 Å². The second kappa shape index (κ2) is 9.91. The first-order valence-corrected chi connectivity index (χ1v) is 13.1. The Morgan fingerprint density at radius 2 is 1.89 bits per heavy atom. The Hall–Kier alpha value is -2.43. The van der Waals surface area contributed by atoms with Gasteiger partial charge in [-0.1, -0.05) is 11.6 Å². The molecule has 2 heterocycles. The van der Waals surface area contributed by atoms with Gasteiger partial charge in [-0.25, -0.2) is 22.0 Å². The monoisotopic (exact) mass is 529 g/mol. The van der Waals surface area contributed by atoms with Crippen LogP contribution in [0.25, 0.3) is 0 Å². The Bertz CT molecular complexity index is 1210. The second-order valence-corrected chi connectivity index (χ2v) is 11.5. The Balaban J connectivity index is 1.77. The molecule has 4 rings (SSSR count). The van der Waals surface area contributed by atoms with Crippen LogP contribution in [0.2, 0.25) is 5.02 Å². The second-order valence-electron chi connectivity index (χ2n) is 8.88. The van der Waals surface area contributed by atoms with Crippen molar-refractivity contribution in [3.8, 4) is 5.75 Å². The summed E-state index contributed by atoms with van der Waals surface area (Å²) in [6, 6.07) is 7.25. The molecule has 2 aromatic carbocycles. The Kier molecular flexibility index (Phi) is 7.26. The third-order valence-corrected chi connectivity index (χ3v) is 9.20. The third-order valence-electron chi connectivity index (χ3n) is 6.39. The average Bonchev–Trinajstić information content (AvgIpc) is 2.80. The van der Waals surface area contributed by atoms with Gasteiger partial charge in [0.15, 0.2) is 21.4 Å². The molecule has 0 bridgehead atoms. The molecule has 1 N–H and O–H groups in total. The van der Waals surface area contributed by atoms with E-state index < -0.39 is 50.1 Å². The smallest absolute Gasteiger partial charge is 0.407 e. The number of rotatable bonds is 6. The number of ether oxygens (including phenoxy) is 3. The zero-order valence-corrected chi connectivity index (χ0v) is 20.8. The number of sulfone groups is 1. The molecule has 35 heavy (non-hydrogen) atoms. The summed E-state index contributed by atoms with van der Waals surface area (Å²) in [6.45, 7) is 3.26. The molecule has 0 radical (unpaired) electrons. The van der Waals surface area contributed by atoms with Gasteiger partial charge in [-0.2, -0.15) is 0 Å². The maximum absolute atomic E-state index is 15.3. The molecule has 1 amide bonds. The summed E-state index contributed by atoms with van der Waals surface area (Å²) in [5.41, 5.74) is -0.338. The minimum absolute atomic E-state index is 0.0262. The van der Waals surface area contributed by atoms with E-state index in [-0.39, 0.29) is 49.2 Å². The Morgan fingerprint density at radius 3 is 2.57 bits per heavy atom. The molecular weight excluding hydrogens is 504 g/mol. The van der Waals surface area contributed by atoms with Gasteiger partial charge in [-0.15, -0.1) is 0 Å². The van der Waals surface area contributed by atoms with Crippen LogP contribution in [-0.2, 0) is 24.1 Å². The molecular formula is C24H26ClF2NO6S. The predicted octanol–water partition coefficient (Wildman–Crippen LogP) is 4.61. The first kappa shape index (κ1) is 25.7. The molecule has 2 aliphatic heterocycles. The standard InChI is InChI=1S/C24H26ClF2NO6S/c1-14(2)28-23(29)33-11-9-20-17-13-34-22-19(27)8-7-18(26)21(22)24(17,10-12-32-20)35(30,31)16-5-3-15(25)4-6-16/h3-8,14,17,20H,9-13H2,1-2H3,(H,28,29)/t17-,20-,24-/m1/s1. The van der Waals surface area contributed by atoms with Crippen molar-refractivity contribution >= 4 is 27.5 Å². The lowest BCUT2D eigenvalue weighted by molar-refractivity contribution is -0.0810. The van der Waals surface area contributed by atoms with Crippen LogP contribution in [0.5, 0.6) is 5.75 Å². The van der Waals surface area contributed by atoms with E-state index >= 15 is 4.39 Å². The van der Waals surface area contributed by atoms with Crippen LogP contribution in [0.4, 0.5) is 13.6 Å². The van der Waals surface area contributed by atoms with Crippen LogP contribution >= 0.6 is 11.6 Å². The van der Waals surface area contributed by atoms with Gasteiger partial charge in [-0.3, -0.25) is 0 Å². The molecule has 0 aromatic heterocycles. The topological polar surface area (TPSA) is 90.9 Å². The van der Waals surface area contributed by atoms with Crippen molar-refractivity contribution in [1.82, 2.24) is 5.32 Å². The van der Waals surface area contributed by atoms with Crippen molar-refractivity contribution in [3.05, 3.63) is 58.6 Å². The zero-order chi connectivity index (χ0) is 25.4. The van der Waals surface area contributed by atoms with Gasteiger partial charge in [0.25, 0.3) is 0 Å². The minimum atomic E-state index is -4.29. The van der Waals surface area contributed by atoms with Crippen LogP contribution in [0, 0.1) is 17.6 Å². The Morgan fingerprint density at radius 1 is 1.20 bits per heavy atom. The number of halogens is 3. The lowest BCUT2D eigenvalue weighted by atomic mass is 9.75. The van der Waals surface area contributed by atoms with Crippen LogP contribution in [0.1, 0.15) is 32.3 Å². The molecule has 0 spiro atoms. The molecule has 2 aliphatic rings. The molecule has 3 atom stereocenters. The predicted molar refractivity (Wildman–Crippen MR) is 124 cm³/mol. The van der Waals surface area contributed by atoms with Gasteiger partial charge >= 0.3 is 6.09 Å². The van der Waals surface area contributed by atoms with Crippen molar-refractivity contribution in [2.75, 3.05) is 19.8 Å². The number of amides is 1. The van der Waals surface area contributed by atoms with E-state index in [0.29, 0.717) is 5.02 Å². The number of alkyl carbamates (subject to hydrolysis) is 1. The van der Waals surface area contributed by atoms with E-state index in [1.165, 1.54) is 24.3 Å². The minimum Gasteiger partial charge on any atom is -0.490 e. The summed E-state index contributed by atoms with van der Waals surface area (Å²) in [5.74, 6) is -3.02. The lowest BCUT2D eigenvalue weighted by Gasteiger charge is -2.50. The van der Waals surface area contributed by atoms with Crippen LogP contribution < -0.4 is 10.1 Å². The molecule has 11 heteroatoms. The van der Waals surface area contributed by atoms with E-state index in [2.05, 4.69) is 5.32 Å². The highest BCUT2D eigenvalue weighted by molar-refractivity contribution is 7.92. The van der Waals surface area contributed by atoms with E-state index in [1.807, 2.05) is 0 Å². The quantitative estimate of drug-likeness (QED) is 0.587. The summed E-state index contributed by atoms with van der Waals surface area (Å²) in [6.07, 6.45) is -1.34. The maximum atomic E-state index is 15.3. The maximum Gasteiger partial charge on any atom is 0.407 e. The lowest BCUT2D eigenvalue weighted by Crippen LogP contribution is -2.57. The number of fused-ring (bicyclic) bond motifs is 3. The Labute approximate surface area is 207 Å². The normalized spacial score (nSPS) is 23.7. The van der Waals surface area contributed by atoms with Crippen molar-refractivity contribution < 1.29 is 36.2 Å². The molecule has 2 aromatic rings. The van der Waals surface area contributed by atoms with Gasteiger partial charge in [0.1, 0.15) is 10.6 Å². The number of hydrogen-bond donors (Lipinski definition) is 1. The number of nitrogens with one attached hydrogen (secondary N) is 1. The molecule has 7 nitrogen and oxygen atoms in total. The highest BCUT2D eigenvalue weighted by Crippen LogP contribution is 2.55. The largest absolute Gasteiger partial charge is 0.490 e. The fourth-order valence-corrected chi connectivity index (χ4v) is 7.35. The summed E-state index contributed by atoms with van der Waals surface area (Å²) in [7, 11) is -4.29. The summed E-state index contributed by atoms with van der Waals surface area (Å²) in [5, 5.41) is 2.93. The van der Waals surface area contributed by atoms with Gasteiger partial charge < -0.3 is 19.5 Å². The first-order valence-electron chi connectivity index (χ1n) is 11.2. The SMILES string of the molecule is CC(C)NC(=O)OCC[C@H]1OCC[C@]2(S(=O)(=O)c3ccc(Cl)cc3)c3c(F)ccc(F)c3OC[C@H]12. The van der Waals surface area contributed by atoms with Crippen LogP contribution in [0.15, 0.2) is 41.3 Å². The summed E-state index contributed by atoms with van der Waals surface area (Å²) >= 11 is 5.96. The number of carbonyl (C=O) groups excluding carboxylic acids is 1. The summed E-state index contributed by atoms with van der Waals surface area (Å²) < 4.78 is 73.2. The zero-order valence-electron chi connectivity index (χ0n) is 19.2. The number of carbonyl (C=O) groups is 1. The van der Waals surface area contributed by atoms with Gasteiger partial charge in [0.05, 0.1) is 29.8 Å². The van der Waals surface area contributed by atoms with E-state index in [0.717, 1.165) is 12.1 Å². The molecule has 1 saturated heterocycles. The first-order chi connectivity index (χ1) is 16.6. The molecule has 0 unspecified atom stereocenters. The van der Waals surface area contributed by atoms with Crippen molar-refractivity contribution in [2.24, 2.45) is 5.92 Å². The fraction of sp³-hybridized carbons (Fsp3) is 0.458. The fourth-order valence-electron chi connectivity index (χ4n) is 4.88. The molecule has 0 saturated carbocycles. The molecule has 190 valence electrons. The average molecular weight is 530 g/mol. The van der Waals surface area contributed by atoms with E-state index in [4.69, 9.17) is 25.8 Å². The van der Waals surface area contributed by atoms with Crippen LogP contribution in [-0.4, -0.2) is 46.5 Å². The summed E-state index contributed by atoms with van der Waals surface area (Å²) in [4.78, 5) is 11.8. The van der Waals surface area contributed by atoms with Gasteiger partial charge in [0.2, 0.25) is 0 Å². The van der Waals surface area contributed by atoms with E-state index in [1.54, 1.807) is 13.8 Å².